The van der Waals surface area contributed by atoms with Crippen LogP contribution < -0.4 is 9.64 Å². The van der Waals surface area contributed by atoms with Gasteiger partial charge in [-0.15, -0.1) is 0 Å². The zero-order valence-electron chi connectivity index (χ0n) is 14.5. The molecule has 0 radical (unpaired) electrons. The molecule has 2 aromatic carbocycles. The third kappa shape index (κ3) is 3.15. The molecule has 0 saturated carbocycles. The molecule has 1 fully saturated rings. The molecule has 128 valence electrons. The van der Waals surface area contributed by atoms with Crippen LogP contribution in [0.15, 0.2) is 48.8 Å². The zero-order chi connectivity index (χ0) is 17.2. The van der Waals surface area contributed by atoms with Gasteiger partial charge in [0.1, 0.15) is 17.7 Å². The molecule has 3 aromatic rings. The quantitative estimate of drug-likeness (QED) is 0.733. The molecule has 5 nitrogen and oxygen atoms in total. The van der Waals surface area contributed by atoms with E-state index in [1.165, 1.54) is 16.3 Å². The lowest BCUT2D eigenvalue weighted by molar-refractivity contribution is 0.0395. The van der Waals surface area contributed by atoms with E-state index in [4.69, 9.17) is 9.47 Å². The summed E-state index contributed by atoms with van der Waals surface area (Å²) >= 11 is 0. The Hall–Kier alpha value is -2.66. The van der Waals surface area contributed by atoms with Crippen LogP contribution in [-0.4, -0.2) is 36.8 Å². The van der Waals surface area contributed by atoms with Gasteiger partial charge in [-0.3, -0.25) is 4.98 Å². The van der Waals surface area contributed by atoms with E-state index in [-0.39, 0.29) is 6.10 Å². The number of morpholine rings is 1. The van der Waals surface area contributed by atoms with Crippen LogP contribution in [-0.2, 0) is 4.74 Å². The minimum atomic E-state index is 0.0293. The van der Waals surface area contributed by atoms with E-state index in [0.29, 0.717) is 6.61 Å². The third-order valence-corrected chi connectivity index (χ3v) is 4.66. The molecule has 0 aliphatic carbocycles. The number of anilines is 1. The first-order valence-corrected chi connectivity index (χ1v) is 8.46. The van der Waals surface area contributed by atoms with Gasteiger partial charge in [0.25, 0.3) is 0 Å². The van der Waals surface area contributed by atoms with Crippen molar-refractivity contribution in [1.29, 1.82) is 0 Å². The normalized spacial score (nSPS) is 17.7. The van der Waals surface area contributed by atoms with Crippen molar-refractivity contribution in [2.24, 2.45) is 0 Å². The highest BCUT2D eigenvalue weighted by Crippen LogP contribution is 2.29. The second-order valence-electron chi connectivity index (χ2n) is 6.24. The number of aromatic nitrogens is 2. The minimum absolute atomic E-state index is 0.0293. The first kappa shape index (κ1) is 15.8. The first-order valence-electron chi connectivity index (χ1n) is 8.46. The lowest BCUT2D eigenvalue weighted by Crippen LogP contribution is -2.39. The van der Waals surface area contributed by atoms with Crippen molar-refractivity contribution >= 4 is 16.6 Å². The molecule has 1 saturated heterocycles. The molecule has 0 N–H and O–H groups in total. The van der Waals surface area contributed by atoms with E-state index < -0.39 is 0 Å². The Morgan fingerprint density at radius 1 is 1.08 bits per heavy atom. The summed E-state index contributed by atoms with van der Waals surface area (Å²) in [6.07, 6.45) is 3.51. The Morgan fingerprint density at radius 2 is 1.88 bits per heavy atom. The summed E-state index contributed by atoms with van der Waals surface area (Å²) < 4.78 is 11.3. The highest BCUT2D eigenvalue weighted by molar-refractivity contribution is 5.84. The van der Waals surface area contributed by atoms with Gasteiger partial charge >= 0.3 is 0 Å². The molecule has 25 heavy (non-hydrogen) atoms. The topological polar surface area (TPSA) is 47.5 Å². The van der Waals surface area contributed by atoms with Crippen LogP contribution in [0.3, 0.4) is 0 Å². The minimum Gasteiger partial charge on any atom is -0.497 e. The van der Waals surface area contributed by atoms with Gasteiger partial charge in [0.05, 0.1) is 19.4 Å². The van der Waals surface area contributed by atoms with E-state index in [0.717, 1.165) is 30.4 Å². The molecule has 0 bridgehead atoms. The van der Waals surface area contributed by atoms with Crippen molar-refractivity contribution in [2.75, 3.05) is 31.7 Å². The molecular formula is C20H21N3O2. The number of fused-ring (bicyclic) bond motifs is 1. The van der Waals surface area contributed by atoms with Crippen LogP contribution in [0.25, 0.3) is 10.8 Å². The number of nitrogens with zero attached hydrogens (tertiary/aromatic N) is 3. The Bertz CT molecular complexity index is 897. The van der Waals surface area contributed by atoms with Crippen LogP contribution in [0.4, 0.5) is 5.82 Å². The fourth-order valence-electron chi connectivity index (χ4n) is 3.32. The molecular weight excluding hydrogens is 314 g/mol. The maximum Gasteiger partial charge on any atom is 0.150 e. The number of ether oxygens (including phenoxy) is 2. The van der Waals surface area contributed by atoms with E-state index in [2.05, 4.69) is 45.2 Å². The maximum absolute atomic E-state index is 6.03. The van der Waals surface area contributed by atoms with Gasteiger partial charge in [-0.2, -0.15) is 0 Å². The maximum atomic E-state index is 6.03. The monoisotopic (exact) mass is 335 g/mol. The number of benzene rings is 2. The molecule has 4 rings (SSSR count). The molecule has 1 aromatic heterocycles. The molecule has 1 aliphatic heterocycles. The Kier molecular flexibility index (Phi) is 4.24. The smallest absolute Gasteiger partial charge is 0.150 e. The number of rotatable bonds is 3. The standard InChI is InChI=1S/C20H21N3O2/c1-14-20(22-8-7-21-14)23-9-10-25-19(13-23)17-4-3-16-12-18(24-2)6-5-15(16)11-17/h3-8,11-12,19H,9-10,13H2,1-2H3/t19-/m0/s1. The van der Waals surface area contributed by atoms with Crippen LogP contribution in [0.1, 0.15) is 17.4 Å². The summed E-state index contributed by atoms with van der Waals surface area (Å²) in [5.41, 5.74) is 2.14. The molecule has 0 spiro atoms. The van der Waals surface area contributed by atoms with Crippen molar-refractivity contribution in [1.82, 2.24) is 9.97 Å². The summed E-state index contributed by atoms with van der Waals surface area (Å²) in [4.78, 5) is 11.1. The average molecular weight is 335 g/mol. The van der Waals surface area contributed by atoms with Gasteiger partial charge in [-0.25, -0.2) is 4.98 Å². The summed E-state index contributed by atoms with van der Waals surface area (Å²) in [5.74, 6) is 1.82. The number of aryl methyl sites for hydroxylation is 1. The lowest BCUT2D eigenvalue weighted by Gasteiger charge is -2.34. The van der Waals surface area contributed by atoms with Crippen LogP contribution in [0.5, 0.6) is 5.75 Å². The summed E-state index contributed by atoms with van der Waals surface area (Å²) in [7, 11) is 1.69. The van der Waals surface area contributed by atoms with Crippen molar-refractivity contribution in [3.8, 4) is 5.75 Å². The van der Waals surface area contributed by atoms with Gasteiger partial charge in [0, 0.05) is 25.5 Å². The molecule has 2 heterocycles. The van der Waals surface area contributed by atoms with E-state index >= 15 is 0 Å². The number of hydrogen-bond acceptors (Lipinski definition) is 5. The van der Waals surface area contributed by atoms with Crippen LogP contribution >= 0.6 is 0 Å². The third-order valence-electron chi connectivity index (χ3n) is 4.66. The Labute approximate surface area is 147 Å². The Morgan fingerprint density at radius 3 is 2.72 bits per heavy atom. The average Bonchev–Trinajstić information content (AvgIpc) is 2.67. The molecule has 0 amide bonds. The highest BCUT2D eigenvalue weighted by Gasteiger charge is 2.24. The van der Waals surface area contributed by atoms with Crippen LogP contribution in [0, 0.1) is 6.92 Å². The van der Waals surface area contributed by atoms with Gasteiger partial charge in [0.2, 0.25) is 0 Å². The predicted molar refractivity (Wildman–Crippen MR) is 98.2 cm³/mol. The van der Waals surface area contributed by atoms with Gasteiger partial charge in [0.15, 0.2) is 0 Å². The largest absolute Gasteiger partial charge is 0.497 e. The van der Waals surface area contributed by atoms with Crippen LogP contribution in [0.2, 0.25) is 0 Å². The lowest BCUT2D eigenvalue weighted by atomic mass is 10.0. The fourth-order valence-corrected chi connectivity index (χ4v) is 3.32. The number of hydrogen-bond donors (Lipinski definition) is 0. The number of methoxy groups -OCH3 is 1. The second-order valence-corrected chi connectivity index (χ2v) is 6.24. The highest BCUT2D eigenvalue weighted by atomic mass is 16.5. The van der Waals surface area contributed by atoms with E-state index in [1.807, 2.05) is 13.0 Å². The molecule has 0 unspecified atom stereocenters. The summed E-state index contributed by atoms with van der Waals surface area (Å²) in [6.45, 7) is 4.29. The van der Waals surface area contributed by atoms with Crippen molar-refractivity contribution in [3.05, 3.63) is 60.0 Å². The Balaban J connectivity index is 1.61. The fraction of sp³-hybridized carbons (Fsp3) is 0.300. The van der Waals surface area contributed by atoms with E-state index in [1.54, 1.807) is 19.5 Å². The van der Waals surface area contributed by atoms with Gasteiger partial charge in [-0.1, -0.05) is 18.2 Å². The van der Waals surface area contributed by atoms with Crippen molar-refractivity contribution in [2.45, 2.75) is 13.0 Å². The SMILES string of the molecule is COc1ccc2cc([C@@H]3CN(c4nccnc4C)CCO3)ccc2c1. The van der Waals surface area contributed by atoms with Gasteiger partial charge < -0.3 is 14.4 Å². The first-order chi connectivity index (χ1) is 12.2. The van der Waals surface area contributed by atoms with E-state index in [9.17, 15) is 0 Å². The predicted octanol–water partition coefficient (Wildman–Crippen LogP) is 3.52. The molecule has 1 atom stereocenters. The molecule has 1 aliphatic rings. The summed E-state index contributed by atoms with van der Waals surface area (Å²) in [5, 5.41) is 2.36. The molecule has 5 heteroatoms. The second kappa shape index (κ2) is 6.69. The summed E-state index contributed by atoms with van der Waals surface area (Å²) in [6, 6.07) is 12.6. The zero-order valence-corrected chi connectivity index (χ0v) is 14.5. The van der Waals surface area contributed by atoms with Crippen molar-refractivity contribution < 1.29 is 9.47 Å². The van der Waals surface area contributed by atoms with Crippen molar-refractivity contribution in [3.63, 3.8) is 0 Å². The van der Waals surface area contributed by atoms with Gasteiger partial charge in [-0.05, 0) is 41.5 Å².